The molecule has 130 valence electrons. The molecule has 0 saturated heterocycles. The molecule has 0 aliphatic rings. The first-order valence-corrected chi connectivity index (χ1v) is 7.06. The van der Waals surface area contributed by atoms with E-state index in [1.54, 1.807) is 26.8 Å². The van der Waals surface area contributed by atoms with Gasteiger partial charge in [-0.15, -0.1) is 0 Å². The lowest BCUT2D eigenvalue weighted by atomic mass is 10.0. The Labute approximate surface area is 138 Å². The van der Waals surface area contributed by atoms with Crippen molar-refractivity contribution in [2.45, 2.75) is 38.6 Å². The summed E-state index contributed by atoms with van der Waals surface area (Å²) < 4.78 is 4.98. The van der Waals surface area contributed by atoms with Crippen molar-refractivity contribution in [2.24, 2.45) is 0 Å². The van der Waals surface area contributed by atoms with E-state index in [2.05, 4.69) is 5.32 Å². The number of amides is 1. The summed E-state index contributed by atoms with van der Waals surface area (Å²) in [6.45, 7) is 4.63. The van der Waals surface area contributed by atoms with Gasteiger partial charge in [-0.1, -0.05) is 0 Å². The fraction of sp³-hybridized carbons (Fsp3) is 0.467. The molecule has 0 bridgehead atoms. The number of nitro groups is 1. The molecule has 0 spiro atoms. The quantitative estimate of drug-likeness (QED) is 0.543. The molecule has 9 heteroatoms. The minimum absolute atomic E-state index is 0.0546. The predicted molar refractivity (Wildman–Crippen MR) is 83.0 cm³/mol. The van der Waals surface area contributed by atoms with Gasteiger partial charge in [0.25, 0.3) is 5.69 Å². The molecule has 3 N–H and O–H groups in total. The molecule has 1 rings (SSSR count). The number of ether oxygens (including phenoxy) is 1. The molecule has 1 amide bonds. The topological polar surface area (TPSA) is 146 Å². The van der Waals surface area contributed by atoms with Crippen LogP contribution in [0.15, 0.2) is 18.2 Å². The third kappa shape index (κ3) is 5.49. The van der Waals surface area contributed by atoms with Crippen molar-refractivity contribution < 1.29 is 24.7 Å². The maximum atomic E-state index is 11.5. The molecule has 9 nitrogen and oxygen atoms in total. The van der Waals surface area contributed by atoms with Gasteiger partial charge < -0.3 is 20.3 Å². The van der Waals surface area contributed by atoms with Crippen molar-refractivity contribution in [3.8, 4) is 6.07 Å². The molecule has 1 aromatic rings. The van der Waals surface area contributed by atoms with Crippen LogP contribution in [0.2, 0.25) is 0 Å². The first-order chi connectivity index (χ1) is 11.0. The van der Waals surface area contributed by atoms with Crippen molar-refractivity contribution in [1.82, 2.24) is 5.32 Å². The van der Waals surface area contributed by atoms with Crippen molar-refractivity contribution in [3.63, 3.8) is 0 Å². The summed E-state index contributed by atoms with van der Waals surface area (Å²) >= 11 is 0. The highest BCUT2D eigenvalue weighted by molar-refractivity contribution is 5.67. The summed E-state index contributed by atoms with van der Waals surface area (Å²) in [5.74, 6) is 0. The zero-order valence-corrected chi connectivity index (χ0v) is 13.5. The standard InChI is InChI=1S/C15H19N3O6/c1-15(2,3)24-14(21)17-8-12(19)13(20)10-5-4-9(7-16)6-11(10)18(22)23/h4-6,12-13,19-20H,8H2,1-3H3,(H,17,21). The third-order valence-electron chi connectivity index (χ3n) is 2.89. The molecule has 0 radical (unpaired) electrons. The summed E-state index contributed by atoms with van der Waals surface area (Å²) in [5.41, 5.74) is -1.31. The molecule has 2 atom stereocenters. The number of nitriles is 1. The van der Waals surface area contributed by atoms with Gasteiger partial charge in [0.15, 0.2) is 0 Å². The predicted octanol–water partition coefficient (Wildman–Crippen LogP) is 1.39. The normalized spacial score (nSPS) is 13.5. The van der Waals surface area contributed by atoms with E-state index in [-0.39, 0.29) is 17.7 Å². The van der Waals surface area contributed by atoms with E-state index >= 15 is 0 Å². The zero-order valence-electron chi connectivity index (χ0n) is 13.5. The maximum absolute atomic E-state index is 11.5. The number of hydrogen-bond acceptors (Lipinski definition) is 7. The van der Waals surface area contributed by atoms with Gasteiger partial charge in [0.05, 0.1) is 22.1 Å². The van der Waals surface area contributed by atoms with Gasteiger partial charge in [-0.05, 0) is 32.9 Å². The highest BCUT2D eigenvalue weighted by Crippen LogP contribution is 2.28. The molecular formula is C15H19N3O6. The second-order valence-corrected chi connectivity index (χ2v) is 6.04. The largest absolute Gasteiger partial charge is 0.444 e. The molecule has 0 heterocycles. The van der Waals surface area contributed by atoms with Crippen LogP contribution in [0.4, 0.5) is 10.5 Å². The van der Waals surface area contributed by atoms with Crippen molar-refractivity contribution in [2.75, 3.05) is 6.54 Å². The Hall–Kier alpha value is -2.70. The van der Waals surface area contributed by atoms with Crippen LogP contribution in [0.1, 0.15) is 38.0 Å². The van der Waals surface area contributed by atoms with E-state index in [0.29, 0.717) is 0 Å². The van der Waals surface area contributed by atoms with Gasteiger partial charge in [-0.3, -0.25) is 10.1 Å². The Morgan fingerprint density at radius 3 is 2.58 bits per heavy atom. The minimum Gasteiger partial charge on any atom is -0.444 e. The molecular weight excluding hydrogens is 318 g/mol. The van der Waals surface area contributed by atoms with Crippen molar-refractivity contribution in [3.05, 3.63) is 39.4 Å². The number of carbonyl (C=O) groups is 1. The first kappa shape index (κ1) is 19.3. The summed E-state index contributed by atoms with van der Waals surface area (Å²) in [7, 11) is 0. The monoisotopic (exact) mass is 337 g/mol. The molecule has 1 aromatic carbocycles. The van der Waals surface area contributed by atoms with Crippen LogP contribution in [0.25, 0.3) is 0 Å². The van der Waals surface area contributed by atoms with Gasteiger partial charge in [-0.25, -0.2) is 4.79 Å². The SMILES string of the molecule is CC(C)(C)OC(=O)NCC(O)C(O)c1ccc(C#N)cc1[N+](=O)[O-]. The molecule has 24 heavy (non-hydrogen) atoms. The molecule has 0 fully saturated rings. The minimum atomic E-state index is -1.62. The number of nitrogens with one attached hydrogen (secondary N) is 1. The number of aliphatic hydroxyl groups excluding tert-OH is 2. The van der Waals surface area contributed by atoms with Crippen LogP contribution in [0.5, 0.6) is 0 Å². The number of nitrogens with zero attached hydrogens (tertiary/aromatic N) is 2. The van der Waals surface area contributed by atoms with Crippen molar-refractivity contribution >= 4 is 11.8 Å². The molecule has 0 saturated carbocycles. The number of nitro benzene ring substituents is 1. The van der Waals surface area contributed by atoms with E-state index in [9.17, 15) is 25.1 Å². The van der Waals surface area contributed by atoms with Gasteiger partial charge in [0.2, 0.25) is 0 Å². The molecule has 0 aliphatic heterocycles. The Morgan fingerprint density at radius 2 is 2.08 bits per heavy atom. The van der Waals surface area contributed by atoms with Gasteiger partial charge in [0, 0.05) is 12.6 Å². The van der Waals surface area contributed by atoms with Crippen molar-refractivity contribution in [1.29, 1.82) is 5.26 Å². The number of carbonyl (C=O) groups excluding carboxylic acids is 1. The highest BCUT2D eigenvalue weighted by atomic mass is 16.6. The van der Waals surface area contributed by atoms with Crippen LogP contribution < -0.4 is 5.32 Å². The Morgan fingerprint density at radius 1 is 1.46 bits per heavy atom. The van der Waals surface area contributed by atoms with Gasteiger partial charge >= 0.3 is 6.09 Å². The van der Waals surface area contributed by atoms with E-state index in [4.69, 9.17) is 10.00 Å². The highest BCUT2D eigenvalue weighted by Gasteiger charge is 2.27. The number of alkyl carbamates (subject to hydrolysis) is 1. The van der Waals surface area contributed by atoms with Crippen LogP contribution in [0.3, 0.4) is 0 Å². The smallest absolute Gasteiger partial charge is 0.407 e. The Bertz CT molecular complexity index is 662. The number of aliphatic hydroxyl groups is 2. The number of rotatable bonds is 5. The zero-order chi connectivity index (χ0) is 18.5. The van der Waals surface area contributed by atoms with Crippen LogP contribution >= 0.6 is 0 Å². The first-order valence-electron chi connectivity index (χ1n) is 7.06. The Kier molecular flexibility index (Phi) is 6.22. The second kappa shape index (κ2) is 7.72. The van der Waals surface area contributed by atoms with E-state index in [0.717, 1.165) is 6.07 Å². The van der Waals surface area contributed by atoms with Crippen LogP contribution in [0, 0.1) is 21.4 Å². The molecule has 0 aliphatic carbocycles. The lowest BCUT2D eigenvalue weighted by Crippen LogP contribution is -2.39. The lowest BCUT2D eigenvalue weighted by molar-refractivity contribution is -0.386. The average molecular weight is 337 g/mol. The number of hydrogen-bond donors (Lipinski definition) is 3. The van der Waals surface area contributed by atoms with E-state index < -0.39 is 34.5 Å². The third-order valence-corrected chi connectivity index (χ3v) is 2.89. The van der Waals surface area contributed by atoms with Gasteiger partial charge in [0.1, 0.15) is 17.8 Å². The summed E-state index contributed by atoms with van der Waals surface area (Å²) in [4.78, 5) is 21.8. The second-order valence-electron chi connectivity index (χ2n) is 6.04. The van der Waals surface area contributed by atoms with Crippen LogP contribution in [-0.2, 0) is 4.74 Å². The average Bonchev–Trinajstić information content (AvgIpc) is 2.49. The van der Waals surface area contributed by atoms with Gasteiger partial charge in [-0.2, -0.15) is 5.26 Å². The molecule has 2 unspecified atom stereocenters. The number of benzene rings is 1. The molecule has 0 aromatic heterocycles. The summed E-state index contributed by atoms with van der Waals surface area (Å²) in [6, 6.07) is 5.25. The maximum Gasteiger partial charge on any atom is 0.407 e. The summed E-state index contributed by atoms with van der Waals surface area (Å²) in [5, 5.41) is 42.1. The summed E-state index contributed by atoms with van der Waals surface area (Å²) in [6.07, 6.45) is -3.90. The lowest BCUT2D eigenvalue weighted by Gasteiger charge is -2.22. The Balaban J connectivity index is 2.83. The van der Waals surface area contributed by atoms with E-state index in [1.807, 2.05) is 0 Å². The fourth-order valence-corrected chi connectivity index (χ4v) is 1.84. The fourth-order valence-electron chi connectivity index (χ4n) is 1.84. The van der Waals surface area contributed by atoms with Crippen LogP contribution in [-0.4, -0.2) is 39.5 Å². The van der Waals surface area contributed by atoms with E-state index in [1.165, 1.54) is 12.1 Å².